The first kappa shape index (κ1) is 52.6. The van der Waals surface area contributed by atoms with E-state index in [-0.39, 0.29) is 18.5 Å². The number of nitrogens with one attached hydrogen (secondary N) is 1. The van der Waals surface area contributed by atoms with Crippen LogP contribution in [0.1, 0.15) is 258 Å². The molecule has 2 atom stereocenters. The van der Waals surface area contributed by atoms with Crippen molar-refractivity contribution >= 4 is 11.9 Å². The summed E-state index contributed by atoms with van der Waals surface area (Å²) in [6.07, 6.45) is 48.8. The first-order chi connectivity index (χ1) is 26.5. The maximum absolute atomic E-state index is 12.4. The average molecular weight is 764 g/mol. The Balaban J connectivity index is 3.50. The van der Waals surface area contributed by atoms with E-state index in [0.29, 0.717) is 25.9 Å². The minimum atomic E-state index is -0.677. The molecule has 0 fully saturated rings. The van der Waals surface area contributed by atoms with Crippen LogP contribution in [-0.2, 0) is 14.3 Å². The lowest BCUT2D eigenvalue weighted by atomic mass is 10.0. The van der Waals surface area contributed by atoms with Crippen LogP contribution >= 0.6 is 0 Å². The number of unbranched alkanes of at least 4 members (excludes halogenated alkanes) is 31. The molecule has 0 aliphatic carbocycles. The molecular weight excluding hydrogens is 671 g/mol. The lowest BCUT2D eigenvalue weighted by molar-refractivity contribution is -0.143. The van der Waals surface area contributed by atoms with E-state index in [1.807, 2.05) is 0 Å². The van der Waals surface area contributed by atoms with Crippen molar-refractivity contribution in [2.24, 2.45) is 0 Å². The number of ether oxygens (including phenoxy) is 1. The van der Waals surface area contributed by atoms with Gasteiger partial charge in [0, 0.05) is 12.8 Å². The van der Waals surface area contributed by atoms with Gasteiger partial charge in [0.1, 0.15) is 0 Å². The minimum Gasteiger partial charge on any atom is -0.466 e. The second kappa shape index (κ2) is 44.3. The molecule has 6 nitrogen and oxygen atoms in total. The lowest BCUT2D eigenvalue weighted by Crippen LogP contribution is -2.45. The monoisotopic (exact) mass is 764 g/mol. The summed E-state index contributed by atoms with van der Waals surface area (Å²) in [5, 5.41) is 23.2. The van der Waals surface area contributed by atoms with Crippen molar-refractivity contribution in [3.05, 3.63) is 12.2 Å². The number of hydrogen-bond donors (Lipinski definition) is 3. The topological polar surface area (TPSA) is 95.9 Å². The summed E-state index contributed by atoms with van der Waals surface area (Å²) in [6.45, 7) is 4.87. The molecule has 2 unspecified atom stereocenters. The largest absolute Gasteiger partial charge is 0.466 e. The van der Waals surface area contributed by atoms with Crippen LogP contribution in [0.4, 0.5) is 0 Å². The van der Waals surface area contributed by atoms with Gasteiger partial charge in [0.15, 0.2) is 0 Å². The van der Waals surface area contributed by atoms with Gasteiger partial charge in [-0.05, 0) is 51.4 Å². The highest BCUT2D eigenvalue weighted by molar-refractivity contribution is 5.76. The molecule has 0 spiro atoms. The molecule has 0 saturated carbocycles. The van der Waals surface area contributed by atoms with Gasteiger partial charge in [0.05, 0.1) is 25.4 Å². The Morgan fingerprint density at radius 1 is 0.500 bits per heavy atom. The van der Waals surface area contributed by atoms with Crippen LogP contribution in [0.5, 0.6) is 0 Å². The number of allylic oxidation sites excluding steroid dienone is 2. The van der Waals surface area contributed by atoms with Crippen LogP contribution in [0.2, 0.25) is 0 Å². The summed E-state index contributed by atoms with van der Waals surface area (Å²) in [6, 6.07) is -0.557. The summed E-state index contributed by atoms with van der Waals surface area (Å²) >= 11 is 0. The fraction of sp³-hybridized carbons (Fsp3) is 0.917. The van der Waals surface area contributed by atoms with Crippen molar-refractivity contribution in [2.75, 3.05) is 13.2 Å². The Kier molecular flexibility index (Phi) is 43.2. The van der Waals surface area contributed by atoms with Gasteiger partial charge in [-0.15, -0.1) is 0 Å². The normalized spacial score (nSPS) is 12.7. The predicted octanol–water partition coefficient (Wildman–Crippen LogP) is 13.8. The lowest BCUT2D eigenvalue weighted by Gasteiger charge is -2.22. The van der Waals surface area contributed by atoms with Gasteiger partial charge in [-0.3, -0.25) is 9.59 Å². The smallest absolute Gasteiger partial charge is 0.305 e. The van der Waals surface area contributed by atoms with E-state index in [1.54, 1.807) is 0 Å². The molecule has 3 N–H and O–H groups in total. The molecule has 0 saturated heterocycles. The zero-order valence-electron chi connectivity index (χ0n) is 36.2. The maximum Gasteiger partial charge on any atom is 0.305 e. The van der Waals surface area contributed by atoms with Crippen LogP contribution in [0.15, 0.2) is 12.2 Å². The van der Waals surface area contributed by atoms with E-state index in [4.69, 9.17) is 4.74 Å². The van der Waals surface area contributed by atoms with E-state index < -0.39 is 12.1 Å². The number of aliphatic hydroxyl groups is 2. The highest BCUT2D eigenvalue weighted by Crippen LogP contribution is 2.16. The molecule has 0 aromatic carbocycles. The first-order valence-electron chi connectivity index (χ1n) is 23.9. The number of amides is 1. The summed E-state index contributed by atoms with van der Waals surface area (Å²) in [4.78, 5) is 24.4. The van der Waals surface area contributed by atoms with Crippen molar-refractivity contribution < 1.29 is 24.5 Å². The maximum atomic E-state index is 12.4. The van der Waals surface area contributed by atoms with Gasteiger partial charge in [-0.1, -0.05) is 206 Å². The summed E-state index contributed by atoms with van der Waals surface area (Å²) in [7, 11) is 0. The Morgan fingerprint density at radius 3 is 1.35 bits per heavy atom. The number of rotatable bonds is 44. The quantitative estimate of drug-likeness (QED) is 0.0326. The number of carbonyl (C=O) groups excluding carboxylic acids is 2. The van der Waals surface area contributed by atoms with Crippen molar-refractivity contribution in [1.29, 1.82) is 0 Å². The van der Waals surface area contributed by atoms with Gasteiger partial charge < -0.3 is 20.3 Å². The molecule has 1 amide bonds. The Hall–Kier alpha value is -1.40. The van der Waals surface area contributed by atoms with Crippen LogP contribution in [0.25, 0.3) is 0 Å². The SMILES string of the molecule is CCCCC/C=C\CCCCCCCC(=O)OCCCCCCCCCCCCC(=O)NC(CO)C(O)CCCCCCCCCCCCCCCCC. The average Bonchev–Trinajstić information content (AvgIpc) is 3.17. The molecule has 0 aromatic rings. The van der Waals surface area contributed by atoms with Gasteiger partial charge in [0.25, 0.3) is 0 Å². The Labute approximate surface area is 336 Å². The molecule has 0 aliphatic rings. The molecule has 0 radical (unpaired) electrons. The highest BCUT2D eigenvalue weighted by Gasteiger charge is 2.20. The summed E-state index contributed by atoms with van der Waals surface area (Å²) in [5.74, 6) is -0.0865. The minimum absolute atomic E-state index is 0.0288. The third-order valence-electron chi connectivity index (χ3n) is 11.1. The Bertz CT molecular complexity index is 802. The van der Waals surface area contributed by atoms with Crippen molar-refractivity contribution in [1.82, 2.24) is 5.32 Å². The molecule has 0 rings (SSSR count). The van der Waals surface area contributed by atoms with E-state index in [9.17, 15) is 19.8 Å². The molecule has 0 heterocycles. The number of esters is 1. The van der Waals surface area contributed by atoms with Crippen molar-refractivity contribution in [2.45, 2.75) is 270 Å². The third-order valence-corrected chi connectivity index (χ3v) is 11.1. The number of hydrogen-bond acceptors (Lipinski definition) is 5. The fourth-order valence-corrected chi connectivity index (χ4v) is 7.34. The molecule has 54 heavy (non-hydrogen) atoms. The summed E-state index contributed by atoms with van der Waals surface area (Å²) < 4.78 is 5.43. The molecule has 0 aliphatic heterocycles. The van der Waals surface area contributed by atoms with Crippen LogP contribution in [0.3, 0.4) is 0 Å². The molecular formula is C48H93NO5. The second-order valence-corrected chi connectivity index (χ2v) is 16.4. The molecule has 0 bridgehead atoms. The summed E-state index contributed by atoms with van der Waals surface area (Å²) in [5.41, 5.74) is 0. The predicted molar refractivity (Wildman–Crippen MR) is 232 cm³/mol. The van der Waals surface area contributed by atoms with E-state index in [0.717, 1.165) is 57.8 Å². The van der Waals surface area contributed by atoms with Gasteiger partial charge in [0.2, 0.25) is 5.91 Å². The van der Waals surface area contributed by atoms with Gasteiger partial charge in [-0.2, -0.15) is 0 Å². The first-order valence-corrected chi connectivity index (χ1v) is 23.9. The molecule has 6 heteroatoms. The van der Waals surface area contributed by atoms with Crippen LogP contribution in [0, 0.1) is 0 Å². The number of carbonyl (C=O) groups is 2. The van der Waals surface area contributed by atoms with Gasteiger partial charge in [-0.25, -0.2) is 0 Å². The molecule has 320 valence electrons. The zero-order chi connectivity index (χ0) is 39.4. The second-order valence-electron chi connectivity index (χ2n) is 16.4. The zero-order valence-corrected chi connectivity index (χ0v) is 36.2. The number of aliphatic hydroxyl groups excluding tert-OH is 2. The van der Waals surface area contributed by atoms with E-state index in [2.05, 4.69) is 31.3 Å². The van der Waals surface area contributed by atoms with Crippen LogP contribution < -0.4 is 5.32 Å². The van der Waals surface area contributed by atoms with E-state index in [1.165, 1.54) is 167 Å². The standard InChI is InChI=1S/C48H93NO5/c1-3-5-7-9-11-13-15-17-18-19-20-24-28-32-36-40-46(51)45(44-50)49-47(52)41-37-33-29-25-22-23-27-31-35-39-43-54-48(53)42-38-34-30-26-21-16-14-12-10-8-6-4-2/h12,14,45-46,50-51H,3-11,13,15-44H2,1-2H3,(H,49,52)/b14-12-. The third kappa shape index (κ3) is 40.3. The molecule has 0 aromatic heterocycles. The van der Waals surface area contributed by atoms with E-state index >= 15 is 0 Å². The van der Waals surface area contributed by atoms with Crippen molar-refractivity contribution in [3.8, 4) is 0 Å². The van der Waals surface area contributed by atoms with Crippen LogP contribution in [-0.4, -0.2) is 47.4 Å². The highest BCUT2D eigenvalue weighted by atomic mass is 16.5. The van der Waals surface area contributed by atoms with Crippen molar-refractivity contribution in [3.63, 3.8) is 0 Å². The van der Waals surface area contributed by atoms with Gasteiger partial charge >= 0.3 is 5.97 Å². The Morgan fingerprint density at radius 2 is 0.870 bits per heavy atom. The fourth-order valence-electron chi connectivity index (χ4n) is 7.34.